The molecule has 4 heteroatoms. The van der Waals surface area contributed by atoms with Gasteiger partial charge in [-0.3, -0.25) is 13.3 Å². The van der Waals surface area contributed by atoms with Gasteiger partial charge in [-0.05, 0) is 12.4 Å². The topological polar surface area (TPSA) is 0 Å². The Morgan fingerprint density at radius 1 is 1.57 bits per heavy atom. The predicted octanol–water partition coefficient (Wildman–Crippen LogP) is 1.68. The molecule has 0 aliphatic heterocycles. The third-order valence-electron chi connectivity index (χ3n) is 0.373. The molecule has 0 bridgehead atoms. The van der Waals surface area contributed by atoms with Crippen LogP contribution >= 0.6 is 0 Å². The maximum atomic E-state index is 11.1. The summed E-state index contributed by atoms with van der Waals surface area (Å²) in [6.45, 7) is 4.30. The molecule has 0 saturated heterocycles. The van der Waals surface area contributed by atoms with Crippen LogP contribution in [0.3, 0.4) is 0 Å². The Hall–Kier alpha value is -0.405. The maximum Gasteiger partial charge on any atom is 0.567 e. The highest BCUT2D eigenvalue weighted by molar-refractivity contribution is 6.51. The van der Waals surface area contributed by atoms with Gasteiger partial charge >= 0.3 is 7.27 Å². The molecule has 0 N–H and O–H groups in total. The first kappa shape index (κ1) is 9.78. The van der Waals surface area contributed by atoms with Crippen molar-refractivity contribution in [3.05, 3.63) is 12.1 Å². The summed E-state index contributed by atoms with van der Waals surface area (Å²) in [4.78, 5) is 0. The first-order valence-electron chi connectivity index (χ1n) is 1.58. The van der Waals surface area contributed by atoms with Gasteiger partial charge in [0.05, 0.1) is 0 Å². The molecular formula is C3H6BF3. The van der Waals surface area contributed by atoms with Crippen molar-refractivity contribution in [1.82, 2.24) is 0 Å². The minimum atomic E-state index is -2.34. The molecule has 0 saturated carbocycles. The molecule has 0 aromatic rings. The lowest BCUT2D eigenvalue weighted by molar-refractivity contribution is 0.675. The van der Waals surface area contributed by atoms with Crippen LogP contribution in [0.15, 0.2) is 12.1 Å². The predicted molar refractivity (Wildman–Crippen MR) is 25.3 cm³/mol. The van der Waals surface area contributed by atoms with Gasteiger partial charge < -0.3 is 0 Å². The zero-order valence-electron chi connectivity index (χ0n) is 3.95. The van der Waals surface area contributed by atoms with Crippen LogP contribution in [0.2, 0.25) is 0 Å². The molecule has 0 amide bonds. The summed E-state index contributed by atoms with van der Waals surface area (Å²) in [6, 6.07) is 0. The van der Waals surface area contributed by atoms with Crippen LogP contribution in [-0.2, 0) is 0 Å². The van der Waals surface area contributed by atoms with Crippen molar-refractivity contribution in [3.8, 4) is 0 Å². The van der Waals surface area contributed by atoms with Gasteiger partial charge in [-0.15, -0.1) is 6.58 Å². The number of hydrogen-bond donors (Lipinski definition) is 0. The Morgan fingerprint density at radius 3 is 1.71 bits per heavy atom. The van der Waals surface area contributed by atoms with Gasteiger partial charge in [-0.25, -0.2) is 0 Å². The van der Waals surface area contributed by atoms with Gasteiger partial charge in [0.15, 0.2) is 0 Å². The van der Waals surface area contributed by atoms with E-state index in [2.05, 4.69) is 6.58 Å². The van der Waals surface area contributed by atoms with Gasteiger partial charge in [-0.2, -0.15) is 0 Å². The van der Waals surface area contributed by atoms with Crippen molar-refractivity contribution < 1.29 is 13.3 Å². The van der Waals surface area contributed by atoms with Gasteiger partial charge in [0.25, 0.3) is 0 Å². The summed E-state index contributed by atoms with van der Waals surface area (Å²) in [7, 11) is -2.34. The van der Waals surface area contributed by atoms with Gasteiger partial charge in [0, 0.05) is 0 Å². The van der Waals surface area contributed by atoms with E-state index < -0.39 is 7.27 Å². The highest BCUT2D eigenvalue weighted by Gasteiger charge is 2.10. The summed E-state index contributed by atoms with van der Waals surface area (Å²) < 4.78 is 22.1. The zero-order chi connectivity index (χ0) is 5.15. The highest BCUT2D eigenvalue weighted by Crippen LogP contribution is 1.96. The van der Waals surface area contributed by atoms with E-state index in [1.807, 2.05) is 0 Å². The number of rotatable bonds is 1. The Balaban J connectivity index is 0. The first-order chi connectivity index (χ1) is 2.64. The van der Waals surface area contributed by atoms with Crippen LogP contribution in [0.5, 0.6) is 0 Å². The van der Waals surface area contributed by atoms with E-state index in [4.69, 9.17) is 0 Å². The third kappa shape index (κ3) is 5.59. The van der Waals surface area contributed by atoms with Crippen molar-refractivity contribution in [2.45, 2.75) is 6.92 Å². The fourth-order valence-electron chi connectivity index (χ4n) is 0. The van der Waals surface area contributed by atoms with Gasteiger partial charge in [0.2, 0.25) is 0 Å². The first-order valence-corrected chi connectivity index (χ1v) is 1.58. The minimum Gasteiger partial charge on any atom is -0.281 e. The van der Waals surface area contributed by atoms with E-state index in [1.165, 1.54) is 6.92 Å². The summed E-state index contributed by atoms with van der Waals surface area (Å²) in [5, 5.41) is 0. The molecule has 0 rings (SSSR count). The minimum absolute atomic E-state index is 0. The van der Waals surface area contributed by atoms with E-state index in [0.717, 1.165) is 0 Å². The Kier molecular flexibility index (Phi) is 5.27. The van der Waals surface area contributed by atoms with E-state index in [-0.39, 0.29) is 10.2 Å². The average molecular weight is 110 g/mol. The second kappa shape index (κ2) is 3.77. The van der Waals surface area contributed by atoms with Crippen LogP contribution in [0, 0.1) is 0 Å². The van der Waals surface area contributed by atoms with Gasteiger partial charge in [-0.1, -0.05) is 0 Å². The van der Waals surface area contributed by atoms with Crippen LogP contribution in [-0.4, -0.2) is 7.27 Å². The fraction of sp³-hybridized carbons (Fsp3) is 0.333. The summed E-state index contributed by atoms with van der Waals surface area (Å²) in [5.74, 6) is 0. The van der Waals surface area contributed by atoms with Crippen LogP contribution in [0.4, 0.5) is 13.3 Å². The van der Waals surface area contributed by atoms with Crippen molar-refractivity contribution >= 4 is 7.27 Å². The molecule has 0 nitrogen and oxygen atoms in total. The molecule has 0 radical (unpaired) electrons. The van der Waals surface area contributed by atoms with Crippen LogP contribution in [0.1, 0.15) is 6.92 Å². The molecule has 0 aromatic carbocycles. The molecule has 0 atom stereocenters. The molecule has 0 aromatic heterocycles. The van der Waals surface area contributed by atoms with Crippen LogP contribution < -0.4 is 0 Å². The standard InChI is InChI=1S/C3H5BF2.FH/c1-3(2)4(5)6;/h1H2,2H3;1H. The molecule has 0 spiro atoms. The number of allylic oxidation sites excluding steroid dienone is 1. The lowest BCUT2D eigenvalue weighted by Crippen LogP contribution is -1.95. The van der Waals surface area contributed by atoms with Crippen LogP contribution in [0.25, 0.3) is 0 Å². The lowest BCUT2D eigenvalue weighted by Gasteiger charge is -1.82. The van der Waals surface area contributed by atoms with E-state index in [1.54, 1.807) is 0 Å². The van der Waals surface area contributed by atoms with E-state index in [9.17, 15) is 8.63 Å². The Labute approximate surface area is 40.8 Å². The SMILES string of the molecule is C=C(C)B(F)F.F. The summed E-state index contributed by atoms with van der Waals surface area (Å²) in [5.41, 5.74) is -0.0741. The Bertz CT molecular complexity index is 61.2. The third-order valence-corrected chi connectivity index (χ3v) is 0.373. The molecule has 0 fully saturated rings. The zero-order valence-corrected chi connectivity index (χ0v) is 3.95. The van der Waals surface area contributed by atoms with Crippen molar-refractivity contribution in [3.63, 3.8) is 0 Å². The fourth-order valence-corrected chi connectivity index (χ4v) is 0. The smallest absolute Gasteiger partial charge is 0.281 e. The summed E-state index contributed by atoms with van der Waals surface area (Å²) in [6.07, 6.45) is 0. The highest BCUT2D eigenvalue weighted by atomic mass is 19.2. The molecule has 7 heavy (non-hydrogen) atoms. The van der Waals surface area contributed by atoms with Crippen molar-refractivity contribution in [2.75, 3.05) is 0 Å². The van der Waals surface area contributed by atoms with E-state index >= 15 is 0 Å². The molecular weight excluding hydrogens is 104 g/mol. The maximum absolute atomic E-state index is 11.1. The van der Waals surface area contributed by atoms with Crippen molar-refractivity contribution in [2.24, 2.45) is 0 Å². The molecule has 0 unspecified atom stereocenters. The normalized spacial score (nSPS) is 6.71. The monoisotopic (exact) mass is 110 g/mol. The molecule has 0 aliphatic carbocycles. The lowest BCUT2D eigenvalue weighted by atomic mass is 9.89. The second-order valence-electron chi connectivity index (χ2n) is 1.15. The van der Waals surface area contributed by atoms with Gasteiger partial charge in [0.1, 0.15) is 0 Å². The molecule has 42 valence electrons. The summed E-state index contributed by atoms with van der Waals surface area (Å²) >= 11 is 0. The van der Waals surface area contributed by atoms with Crippen molar-refractivity contribution in [1.29, 1.82) is 0 Å². The second-order valence-corrected chi connectivity index (χ2v) is 1.15. The quantitative estimate of drug-likeness (QED) is 0.450. The Morgan fingerprint density at radius 2 is 1.71 bits per heavy atom. The number of halogens is 3. The number of hydrogen-bond acceptors (Lipinski definition) is 0. The largest absolute Gasteiger partial charge is 0.567 e. The molecule has 0 heterocycles. The molecule has 0 aliphatic rings. The average Bonchev–Trinajstić information content (AvgIpc) is 1.36. The van der Waals surface area contributed by atoms with E-state index in [0.29, 0.717) is 0 Å².